The van der Waals surface area contributed by atoms with Gasteiger partial charge in [0.05, 0.1) is 6.20 Å². The number of likely N-dealkylation sites (N-methyl/N-ethyl adjacent to an activating group) is 1. The molecule has 1 N–H and O–H groups in total. The van der Waals surface area contributed by atoms with Crippen molar-refractivity contribution in [1.29, 1.82) is 0 Å². The lowest BCUT2D eigenvalue weighted by atomic mass is 10.3. The van der Waals surface area contributed by atoms with Gasteiger partial charge in [0.1, 0.15) is 6.54 Å². The summed E-state index contributed by atoms with van der Waals surface area (Å²) in [6.45, 7) is 5.17. The highest BCUT2D eigenvalue weighted by Gasteiger charge is 2.19. The summed E-state index contributed by atoms with van der Waals surface area (Å²) in [6, 6.07) is 0. The average Bonchev–Trinajstić information content (AvgIpc) is 2.86. The van der Waals surface area contributed by atoms with Gasteiger partial charge in [0.2, 0.25) is 11.8 Å². The average molecular weight is 280 g/mol. The normalized spacial score (nSPS) is 16.2. The number of hydrogen-bond acceptors (Lipinski definition) is 5. The number of aromatic nitrogens is 3. The standard InChI is InChI=1S/C12H20N6O2/c1-3-11(19)13-10-8-18(15-14-10)9-12(20)17-6-4-16(2)5-7-17/h8H,3-7,9H2,1-2H3,(H,13,19). The number of hydrogen-bond donors (Lipinski definition) is 1. The van der Waals surface area contributed by atoms with Crippen LogP contribution in [-0.2, 0) is 16.1 Å². The molecule has 1 saturated heterocycles. The minimum absolute atomic E-state index is 0.0244. The van der Waals surface area contributed by atoms with Crippen molar-refractivity contribution in [3.8, 4) is 0 Å². The number of piperazine rings is 1. The van der Waals surface area contributed by atoms with Gasteiger partial charge in [-0.2, -0.15) is 0 Å². The Bertz CT molecular complexity index is 478. The molecule has 0 spiro atoms. The molecule has 1 aromatic heterocycles. The minimum atomic E-state index is -0.123. The molecule has 8 nitrogen and oxygen atoms in total. The Hall–Kier alpha value is -1.96. The molecule has 0 radical (unpaired) electrons. The SMILES string of the molecule is CCC(=O)Nc1cn(CC(=O)N2CCN(C)CC2)nn1. The molecule has 2 amide bonds. The van der Waals surface area contributed by atoms with Crippen molar-refractivity contribution < 1.29 is 9.59 Å². The van der Waals surface area contributed by atoms with Crippen LogP contribution in [0.25, 0.3) is 0 Å². The van der Waals surface area contributed by atoms with Crippen LogP contribution in [0.2, 0.25) is 0 Å². The third kappa shape index (κ3) is 3.77. The highest BCUT2D eigenvalue weighted by Crippen LogP contribution is 2.04. The quantitative estimate of drug-likeness (QED) is 0.796. The topological polar surface area (TPSA) is 83.4 Å². The molecule has 8 heteroatoms. The molecular weight excluding hydrogens is 260 g/mol. The van der Waals surface area contributed by atoms with Crippen LogP contribution >= 0.6 is 0 Å². The predicted molar refractivity (Wildman–Crippen MR) is 73.0 cm³/mol. The lowest BCUT2D eigenvalue weighted by Gasteiger charge is -2.32. The number of rotatable bonds is 4. The van der Waals surface area contributed by atoms with E-state index in [0.717, 1.165) is 26.2 Å². The van der Waals surface area contributed by atoms with E-state index in [2.05, 4.69) is 20.5 Å². The zero-order chi connectivity index (χ0) is 14.5. The van der Waals surface area contributed by atoms with Gasteiger partial charge in [-0.1, -0.05) is 12.1 Å². The molecule has 2 rings (SSSR count). The molecule has 2 heterocycles. The van der Waals surface area contributed by atoms with Gasteiger partial charge in [-0.25, -0.2) is 4.68 Å². The van der Waals surface area contributed by atoms with Crippen LogP contribution in [0.4, 0.5) is 5.82 Å². The van der Waals surface area contributed by atoms with Crippen molar-refractivity contribution in [2.75, 3.05) is 38.5 Å². The van der Waals surface area contributed by atoms with Crippen LogP contribution in [-0.4, -0.2) is 69.8 Å². The number of carbonyl (C=O) groups excluding carboxylic acids is 2. The molecule has 0 bridgehead atoms. The van der Waals surface area contributed by atoms with Gasteiger partial charge in [0.25, 0.3) is 0 Å². The molecule has 1 fully saturated rings. The van der Waals surface area contributed by atoms with Gasteiger partial charge in [0.15, 0.2) is 5.82 Å². The fourth-order valence-electron chi connectivity index (χ4n) is 1.96. The lowest BCUT2D eigenvalue weighted by Crippen LogP contribution is -2.48. The lowest BCUT2D eigenvalue weighted by molar-refractivity contribution is -0.133. The van der Waals surface area contributed by atoms with Crippen LogP contribution in [0.3, 0.4) is 0 Å². The molecule has 1 aliphatic rings. The molecule has 1 aliphatic heterocycles. The molecule has 0 saturated carbocycles. The molecule has 0 aliphatic carbocycles. The minimum Gasteiger partial charge on any atom is -0.339 e. The summed E-state index contributed by atoms with van der Waals surface area (Å²) < 4.78 is 1.45. The van der Waals surface area contributed by atoms with Gasteiger partial charge in [-0.05, 0) is 7.05 Å². The van der Waals surface area contributed by atoms with Crippen molar-refractivity contribution in [2.45, 2.75) is 19.9 Å². The molecule has 20 heavy (non-hydrogen) atoms. The second kappa shape index (κ2) is 6.47. The second-order valence-electron chi connectivity index (χ2n) is 4.89. The first-order valence-electron chi connectivity index (χ1n) is 6.74. The van der Waals surface area contributed by atoms with E-state index in [9.17, 15) is 9.59 Å². The highest BCUT2D eigenvalue weighted by molar-refractivity contribution is 5.89. The molecule has 0 atom stereocenters. The Labute approximate surface area is 117 Å². The third-order valence-electron chi connectivity index (χ3n) is 3.28. The van der Waals surface area contributed by atoms with E-state index in [-0.39, 0.29) is 18.4 Å². The fraction of sp³-hybridized carbons (Fsp3) is 0.667. The zero-order valence-corrected chi connectivity index (χ0v) is 11.9. The van der Waals surface area contributed by atoms with Gasteiger partial charge < -0.3 is 15.1 Å². The number of anilines is 1. The summed E-state index contributed by atoms with van der Waals surface area (Å²) in [7, 11) is 2.04. The Balaban J connectivity index is 1.86. The first-order chi connectivity index (χ1) is 9.58. The Kier molecular flexibility index (Phi) is 4.67. The van der Waals surface area contributed by atoms with E-state index >= 15 is 0 Å². The summed E-state index contributed by atoms with van der Waals surface area (Å²) >= 11 is 0. The predicted octanol–water partition coefficient (Wildman–Crippen LogP) is -0.599. The maximum absolute atomic E-state index is 12.1. The monoisotopic (exact) mass is 280 g/mol. The summed E-state index contributed by atoms with van der Waals surface area (Å²) in [5.41, 5.74) is 0. The Morgan fingerprint density at radius 3 is 2.65 bits per heavy atom. The number of amides is 2. The number of carbonyl (C=O) groups is 2. The molecule has 0 aromatic carbocycles. The van der Waals surface area contributed by atoms with Crippen molar-refractivity contribution in [2.24, 2.45) is 0 Å². The summed E-state index contributed by atoms with van der Waals surface area (Å²) in [4.78, 5) is 27.3. The van der Waals surface area contributed by atoms with E-state index < -0.39 is 0 Å². The van der Waals surface area contributed by atoms with E-state index in [1.807, 2.05) is 11.9 Å². The van der Waals surface area contributed by atoms with E-state index in [4.69, 9.17) is 0 Å². The van der Waals surface area contributed by atoms with E-state index in [1.54, 1.807) is 13.1 Å². The van der Waals surface area contributed by atoms with Crippen LogP contribution in [0.15, 0.2) is 6.20 Å². The molecule has 1 aromatic rings. The van der Waals surface area contributed by atoms with Crippen molar-refractivity contribution in [1.82, 2.24) is 24.8 Å². The van der Waals surface area contributed by atoms with E-state index in [1.165, 1.54) is 4.68 Å². The Morgan fingerprint density at radius 2 is 2.00 bits per heavy atom. The number of nitrogens with one attached hydrogen (secondary N) is 1. The molecular formula is C12H20N6O2. The number of nitrogens with zero attached hydrogens (tertiary/aromatic N) is 5. The van der Waals surface area contributed by atoms with E-state index in [0.29, 0.717) is 12.2 Å². The van der Waals surface area contributed by atoms with Crippen molar-refractivity contribution in [3.05, 3.63) is 6.20 Å². The summed E-state index contributed by atoms with van der Waals surface area (Å²) in [6.07, 6.45) is 1.95. The van der Waals surface area contributed by atoms with Gasteiger partial charge in [0, 0.05) is 32.6 Å². The molecule has 110 valence electrons. The molecule has 0 unspecified atom stereocenters. The third-order valence-corrected chi connectivity index (χ3v) is 3.28. The van der Waals surface area contributed by atoms with Crippen LogP contribution in [0.5, 0.6) is 0 Å². The highest BCUT2D eigenvalue weighted by atomic mass is 16.2. The van der Waals surface area contributed by atoms with Gasteiger partial charge in [-0.3, -0.25) is 9.59 Å². The summed E-state index contributed by atoms with van der Waals surface area (Å²) in [5, 5.41) is 10.3. The van der Waals surface area contributed by atoms with Gasteiger partial charge in [-0.15, -0.1) is 5.10 Å². The first kappa shape index (κ1) is 14.4. The maximum Gasteiger partial charge on any atom is 0.244 e. The Morgan fingerprint density at radius 1 is 1.30 bits per heavy atom. The maximum atomic E-state index is 12.1. The van der Waals surface area contributed by atoms with Crippen LogP contribution in [0, 0.1) is 0 Å². The van der Waals surface area contributed by atoms with Crippen molar-refractivity contribution >= 4 is 17.6 Å². The first-order valence-corrected chi connectivity index (χ1v) is 6.74. The van der Waals surface area contributed by atoms with Crippen LogP contribution < -0.4 is 5.32 Å². The second-order valence-corrected chi connectivity index (χ2v) is 4.89. The van der Waals surface area contributed by atoms with Gasteiger partial charge >= 0.3 is 0 Å². The zero-order valence-electron chi connectivity index (χ0n) is 11.9. The smallest absolute Gasteiger partial charge is 0.244 e. The van der Waals surface area contributed by atoms with Crippen LogP contribution in [0.1, 0.15) is 13.3 Å². The largest absolute Gasteiger partial charge is 0.339 e. The fourth-order valence-corrected chi connectivity index (χ4v) is 1.96. The van der Waals surface area contributed by atoms with Crippen molar-refractivity contribution in [3.63, 3.8) is 0 Å². The summed E-state index contributed by atoms with van der Waals surface area (Å²) in [5.74, 6) is 0.279.